The fourth-order valence-corrected chi connectivity index (χ4v) is 4.00. The summed E-state index contributed by atoms with van der Waals surface area (Å²) in [5, 5.41) is 2.90. The Balaban J connectivity index is 1.50. The van der Waals surface area contributed by atoms with Crippen molar-refractivity contribution in [1.29, 1.82) is 0 Å². The molecule has 0 atom stereocenters. The number of aromatic amines is 1. The maximum absolute atomic E-state index is 15.0. The van der Waals surface area contributed by atoms with Crippen LogP contribution in [0.3, 0.4) is 0 Å². The second kappa shape index (κ2) is 10.5. The minimum absolute atomic E-state index is 0.181. The Morgan fingerprint density at radius 1 is 0.973 bits per heavy atom. The van der Waals surface area contributed by atoms with Gasteiger partial charge in [-0.05, 0) is 67.1 Å². The number of aryl methyl sites for hydroxylation is 1. The molecule has 5 aromatic rings. The van der Waals surface area contributed by atoms with Crippen LogP contribution in [0.5, 0.6) is 5.75 Å². The molecule has 2 heterocycles. The lowest BCUT2D eigenvalue weighted by Gasteiger charge is -2.13. The molecule has 0 bridgehead atoms. The number of methoxy groups -OCH3 is 1. The molecule has 9 heteroatoms. The second-order valence-electron chi connectivity index (χ2n) is 8.37. The molecule has 3 aromatic carbocycles. The SMILES string of the molecule is COc1ccc(F)c(-c2nc3cc(C(=O)NCCCc4ncc[nH]4)ccc3nc2-c2ccc(F)cc2)c1. The molecule has 2 aromatic heterocycles. The summed E-state index contributed by atoms with van der Waals surface area (Å²) < 4.78 is 33.8. The van der Waals surface area contributed by atoms with E-state index >= 15 is 0 Å². The van der Waals surface area contributed by atoms with E-state index in [9.17, 15) is 13.6 Å². The van der Waals surface area contributed by atoms with E-state index in [1.54, 1.807) is 42.7 Å². The normalized spacial score (nSPS) is 11.0. The van der Waals surface area contributed by atoms with Crippen molar-refractivity contribution < 1.29 is 18.3 Å². The molecule has 7 nitrogen and oxygen atoms in total. The third kappa shape index (κ3) is 5.30. The molecule has 0 radical (unpaired) electrons. The van der Waals surface area contributed by atoms with Gasteiger partial charge in [0, 0.05) is 42.0 Å². The first-order valence-electron chi connectivity index (χ1n) is 11.7. The van der Waals surface area contributed by atoms with E-state index in [0.717, 1.165) is 18.7 Å². The van der Waals surface area contributed by atoms with Gasteiger partial charge in [-0.25, -0.2) is 23.7 Å². The summed E-state index contributed by atoms with van der Waals surface area (Å²) in [6.45, 7) is 0.479. The van der Waals surface area contributed by atoms with E-state index in [1.165, 1.54) is 37.4 Å². The first-order valence-corrected chi connectivity index (χ1v) is 11.7. The van der Waals surface area contributed by atoms with Gasteiger partial charge in [0.1, 0.15) is 28.9 Å². The van der Waals surface area contributed by atoms with Gasteiger partial charge in [0.2, 0.25) is 0 Å². The average molecular weight is 500 g/mol. The standard InChI is InChI=1S/C28H23F2N5O2/c1-37-20-9-10-22(30)21(16-20)27-26(17-4-7-19(29)8-5-17)34-23-11-6-18(15-24(23)35-27)28(36)33-12-2-3-25-31-13-14-32-25/h4-11,13-16H,2-3,12H2,1H3,(H,31,32)(H,33,36). The van der Waals surface area contributed by atoms with Gasteiger partial charge in [0.15, 0.2) is 0 Å². The molecule has 186 valence electrons. The minimum Gasteiger partial charge on any atom is -0.497 e. The molecule has 37 heavy (non-hydrogen) atoms. The fraction of sp³-hybridized carbons (Fsp3) is 0.143. The van der Waals surface area contributed by atoms with Gasteiger partial charge in [-0.15, -0.1) is 0 Å². The molecule has 0 unspecified atom stereocenters. The first kappa shape index (κ1) is 24.1. The zero-order chi connectivity index (χ0) is 25.8. The first-order chi connectivity index (χ1) is 18.0. The van der Waals surface area contributed by atoms with E-state index in [4.69, 9.17) is 14.7 Å². The number of benzene rings is 3. The monoisotopic (exact) mass is 499 g/mol. The highest BCUT2D eigenvalue weighted by Crippen LogP contribution is 2.34. The van der Waals surface area contributed by atoms with Gasteiger partial charge in [-0.3, -0.25) is 4.79 Å². The molecule has 0 aliphatic rings. The third-order valence-corrected chi connectivity index (χ3v) is 5.90. The number of ether oxygens (including phenoxy) is 1. The highest BCUT2D eigenvalue weighted by molar-refractivity contribution is 5.98. The summed E-state index contributed by atoms with van der Waals surface area (Å²) in [5.41, 5.74) is 2.74. The van der Waals surface area contributed by atoms with Crippen molar-refractivity contribution >= 4 is 16.9 Å². The number of hydrogen-bond acceptors (Lipinski definition) is 5. The maximum Gasteiger partial charge on any atom is 0.251 e. The van der Waals surface area contributed by atoms with Gasteiger partial charge in [0.25, 0.3) is 5.91 Å². The van der Waals surface area contributed by atoms with Gasteiger partial charge < -0.3 is 15.0 Å². The Morgan fingerprint density at radius 3 is 2.54 bits per heavy atom. The number of carbonyl (C=O) groups is 1. The van der Waals surface area contributed by atoms with Gasteiger partial charge in [-0.2, -0.15) is 0 Å². The number of carbonyl (C=O) groups excluding carboxylic acids is 1. The van der Waals surface area contributed by atoms with Crippen LogP contribution in [-0.2, 0) is 6.42 Å². The number of amides is 1. The summed E-state index contributed by atoms with van der Waals surface area (Å²) >= 11 is 0. The maximum atomic E-state index is 15.0. The number of hydrogen-bond donors (Lipinski definition) is 2. The molecule has 0 spiro atoms. The van der Waals surface area contributed by atoms with Crippen LogP contribution in [0.15, 0.2) is 73.1 Å². The molecular weight excluding hydrogens is 476 g/mol. The molecule has 2 N–H and O–H groups in total. The lowest BCUT2D eigenvalue weighted by molar-refractivity contribution is 0.0953. The van der Waals surface area contributed by atoms with Crippen LogP contribution < -0.4 is 10.1 Å². The Kier molecular flexibility index (Phi) is 6.85. The average Bonchev–Trinajstić information content (AvgIpc) is 3.44. The van der Waals surface area contributed by atoms with Crippen LogP contribution >= 0.6 is 0 Å². The zero-order valence-corrected chi connectivity index (χ0v) is 20.0. The molecular formula is C28H23F2N5O2. The van der Waals surface area contributed by atoms with Crippen LogP contribution in [0.4, 0.5) is 8.78 Å². The number of nitrogens with zero attached hydrogens (tertiary/aromatic N) is 3. The Hall–Kier alpha value is -4.66. The topological polar surface area (TPSA) is 92.8 Å². The predicted molar refractivity (Wildman–Crippen MR) is 136 cm³/mol. The second-order valence-corrected chi connectivity index (χ2v) is 8.37. The van der Waals surface area contributed by atoms with E-state index in [2.05, 4.69) is 15.3 Å². The van der Waals surface area contributed by atoms with Crippen LogP contribution in [-0.4, -0.2) is 39.5 Å². The molecule has 5 rings (SSSR count). The van der Waals surface area contributed by atoms with Crippen molar-refractivity contribution in [1.82, 2.24) is 25.3 Å². The van der Waals surface area contributed by atoms with Crippen molar-refractivity contribution in [3.05, 3.63) is 96.1 Å². The number of rotatable bonds is 8. The number of nitrogens with one attached hydrogen (secondary N) is 2. The number of fused-ring (bicyclic) bond motifs is 1. The summed E-state index contributed by atoms with van der Waals surface area (Å²) in [7, 11) is 1.49. The predicted octanol–water partition coefficient (Wildman–Crippen LogP) is 5.34. The largest absolute Gasteiger partial charge is 0.497 e. The summed E-state index contributed by atoms with van der Waals surface area (Å²) in [6, 6.07) is 15.1. The number of H-pyrrole nitrogens is 1. The highest BCUT2D eigenvalue weighted by atomic mass is 19.1. The molecule has 1 amide bonds. The molecule has 0 aliphatic carbocycles. The fourth-order valence-electron chi connectivity index (χ4n) is 4.00. The highest BCUT2D eigenvalue weighted by Gasteiger charge is 2.18. The molecule has 0 aliphatic heterocycles. The van der Waals surface area contributed by atoms with E-state index in [-0.39, 0.29) is 17.2 Å². The lowest BCUT2D eigenvalue weighted by Crippen LogP contribution is -2.24. The number of aromatic nitrogens is 4. The van der Waals surface area contributed by atoms with Crippen molar-refractivity contribution in [2.24, 2.45) is 0 Å². The molecule has 0 fully saturated rings. The van der Waals surface area contributed by atoms with Crippen LogP contribution in [0, 0.1) is 11.6 Å². The summed E-state index contributed by atoms with van der Waals surface area (Å²) in [5.74, 6) is 0.157. The quantitative estimate of drug-likeness (QED) is 0.281. The zero-order valence-electron chi connectivity index (χ0n) is 20.0. The Labute approximate surface area is 211 Å². The Morgan fingerprint density at radius 2 is 1.78 bits per heavy atom. The summed E-state index contributed by atoms with van der Waals surface area (Å²) in [4.78, 5) is 29.4. The van der Waals surface area contributed by atoms with Crippen molar-refractivity contribution in [3.63, 3.8) is 0 Å². The van der Waals surface area contributed by atoms with E-state index < -0.39 is 11.6 Å². The van der Waals surface area contributed by atoms with Crippen LogP contribution in [0.2, 0.25) is 0 Å². The van der Waals surface area contributed by atoms with Crippen molar-refractivity contribution in [2.75, 3.05) is 13.7 Å². The van der Waals surface area contributed by atoms with Gasteiger partial charge in [0.05, 0.1) is 23.8 Å². The summed E-state index contributed by atoms with van der Waals surface area (Å²) in [6.07, 6.45) is 4.90. The third-order valence-electron chi connectivity index (χ3n) is 5.90. The van der Waals surface area contributed by atoms with Gasteiger partial charge >= 0.3 is 0 Å². The molecule has 0 saturated carbocycles. The van der Waals surface area contributed by atoms with E-state index in [1.807, 2.05) is 0 Å². The van der Waals surface area contributed by atoms with Crippen molar-refractivity contribution in [2.45, 2.75) is 12.8 Å². The lowest BCUT2D eigenvalue weighted by atomic mass is 10.0. The van der Waals surface area contributed by atoms with E-state index in [0.29, 0.717) is 40.1 Å². The van der Waals surface area contributed by atoms with Crippen LogP contribution in [0.25, 0.3) is 33.5 Å². The Bertz CT molecular complexity index is 1550. The number of imidazole rings is 1. The van der Waals surface area contributed by atoms with Gasteiger partial charge in [-0.1, -0.05) is 0 Å². The smallest absolute Gasteiger partial charge is 0.251 e. The molecule has 0 saturated heterocycles. The number of halogens is 2. The van der Waals surface area contributed by atoms with Crippen LogP contribution in [0.1, 0.15) is 22.6 Å². The minimum atomic E-state index is -0.511. The van der Waals surface area contributed by atoms with Crippen molar-refractivity contribution in [3.8, 4) is 28.3 Å².